The fraction of sp³-hybridized carbons (Fsp3) is 0.217. The van der Waals surface area contributed by atoms with E-state index in [0.717, 1.165) is 27.6 Å². The lowest BCUT2D eigenvalue weighted by Gasteiger charge is -2.15. The van der Waals surface area contributed by atoms with Gasteiger partial charge in [-0.25, -0.2) is 4.98 Å². The molecule has 0 saturated heterocycles. The number of carbonyl (C=O) groups is 2. The summed E-state index contributed by atoms with van der Waals surface area (Å²) in [6.07, 6.45) is 6.74. The molecule has 0 bridgehead atoms. The monoisotopic (exact) mass is 437 g/mol. The molecule has 3 aromatic rings. The lowest BCUT2D eigenvalue weighted by molar-refractivity contribution is -0.125. The second-order valence-electron chi connectivity index (χ2n) is 7.56. The quantitative estimate of drug-likeness (QED) is 0.634. The van der Waals surface area contributed by atoms with Crippen molar-refractivity contribution in [3.63, 3.8) is 0 Å². The van der Waals surface area contributed by atoms with Gasteiger partial charge in [0.1, 0.15) is 5.82 Å². The van der Waals surface area contributed by atoms with Crippen LogP contribution in [0.5, 0.6) is 0 Å². The van der Waals surface area contributed by atoms with Crippen LogP contribution in [0.3, 0.4) is 0 Å². The van der Waals surface area contributed by atoms with Crippen molar-refractivity contribution < 1.29 is 9.59 Å². The number of amides is 2. The molecule has 7 nitrogen and oxygen atoms in total. The number of fused-ring (bicyclic) bond motifs is 2. The van der Waals surface area contributed by atoms with E-state index in [-0.39, 0.29) is 24.2 Å². The van der Waals surface area contributed by atoms with E-state index >= 15 is 0 Å². The highest BCUT2D eigenvalue weighted by Gasteiger charge is 2.17. The van der Waals surface area contributed by atoms with Gasteiger partial charge < -0.3 is 10.2 Å². The van der Waals surface area contributed by atoms with Crippen molar-refractivity contribution in [2.24, 2.45) is 0 Å². The van der Waals surface area contributed by atoms with Gasteiger partial charge in [-0.15, -0.1) is 12.4 Å². The van der Waals surface area contributed by atoms with Crippen LogP contribution >= 0.6 is 12.4 Å². The molecule has 1 N–H and O–H groups in total. The van der Waals surface area contributed by atoms with Gasteiger partial charge >= 0.3 is 0 Å². The van der Waals surface area contributed by atoms with E-state index in [9.17, 15) is 9.59 Å². The Morgan fingerprint density at radius 2 is 2.00 bits per heavy atom. The molecular weight excluding hydrogens is 414 g/mol. The predicted octanol–water partition coefficient (Wildman–Crippen LogP) is 3.11. The standard InChI is InChI=1S/C23H23N5O2.ClH/c1-27-14-19-9-16(11-25-23(19)26-21(29)15-27)7-8-22(30)28(2)13-17-10-18-5-3-4-6-20(18)24-12-17;/h3-12H,13-15H2,1-2H3,(H,25,26,29);1H. The summed E-state index contributed by atoms with van der Waals surface area (Å²) < 4.78 is 0. The molecule has 1 aliphatic heterocycles. The van der Waals surface area contributed by atoms with Crippen LogP contribution in [0.15, 0.2) is 54.9 Å². The van der Waals surface area contributed by atoms with Crippen LogP contribution in [0.4, 0.5) is 5.82 Å². The number of halogens is 1. The summed E-state index contributed by atoms with van der Waals surface area (Å²) >= 11 is 0. The molecule has 160 valence electrons. The average Bonchev–Trinajstić information content (AvgIpc) is 2.87. The molecule has 0 spiro atoms. The smallest absolute Gasteiger partial charge is 0.246 e. The van der Waals surface area contributed by atoms with Gasteiger partial charge in [-0.3, -0.25) is 19.5 Å². The Morgan fingerprint density at radius 1 is 1.19 bits per heavy atom. The van der Waals surface area contributed by atoms with Crippen molar-refractivity contribution in [3.8, 4) is 0 Å². The van der Waals surface area contributed by atoms with Crippen LogP contribution in [0.25, 0.3) is 17.0 Å². The summed E-state index contributed by atoms with van der Waals surface area (Å²) in [6, 6.07) is 11.9. The largest absolute Gasteiger partial charge is 0.338 e. The minimum absolute atomic E-state index is 0. The van der Waals surface area contributed by atoms with Gasteiger partial charge in [0, 0.05) is 49.6 Å². The van der Waals surface area contributed by atoms with Crippen molar-refractivity contribution in [2.45, 2.75) is 13.1 Å². The van der Waals surface area contributed by atoms with Crippen molar-refractivity contribution in [3.05, 3.63) is 71.6 Å². The van der Waals surface area contributed by atoms with Gasteiger partial charge in [0.2, 0.25) is 11.8 Å². The topological polar surface area (TPSA) is 78.4 Å². The van der Waals surface area contributed by atoms with E-state index in [1.165, 1.54) is 6.08 Å². The van der Waals surface area contributed by atoms with Crippen LogP contribution < -0.4 is 5.32 Å². The first-order valence-corrected chi connectivity index (χ1v) is 9.72. The van der Waals surface area contributed by atoms with E-state index in [1.54, 1.807) is 30.4 Å². The zero-order valence-electron chi connectivity index (χ0n) is 17.4. The number of para-hydroxylation sites is 1. The number of carbonyl (C=O) groups excluding carboxylic acids is 2. The van der Waals surface area contributed by atoms with Gasteiger partial charge in [0.25, 0.3) is 0 Å². The zero-order chi connectivity index (χ0) is 21.1. The van der Waals surface area contributed by atoms with Gasteiger partial charge in [0.15, 0.2) is 0 Å². The van der Waals surface area contributed by atoms with Crippen molar-refractivity contribution in [1.82, 2.24) is 19.8 Å². The van der Waals surface area contributed by atoms with Gasteiger partial charge in [-0.1, -0.05) is 18.2 Å². The molecule has 0 aliphatic carbocycles. The fourth-order valence-corrected chi connectivity index (χ4v) is 3.47. The second-order valence-corrected chi connectivity index (χ2v) is 7.56. The molecule has 0 saturated carbocycles. The molecular formula is C23H24ClN5O2. The Kier molecular flexibility index (Phi) is 6.99. The third kappa shape index (κ3) is 5.45. The highest BCUT2D eigenvalue weighted by atomic mass is 35.5. The minimum Gasteiger partial charge on any atom is -0.338 e. The van der Waals surface area contributed by atoms with Gasteiger partial charge in [-0.2, -0.15) is 0 Å². The summed E-state index contributed by atoms with van der Waals surface area (Å²) in [5.74, 6) is 0.393. The van der Waals surface area contributed by atoms with Gasteiger partial charge in [0.05, 0.1) is 12.1 Å². The number of likely N-dealkylation sites (N-methyl/N-ethyl adjacent to an activating group) is 2. The number of anilines is 1. The summed E-state index contributed by atoms with van der Waals surface area (Å²) in [5, 5.41) is 3.86. The second kappa shape index (κ2) is 9.68. The van der Waals surface area contributed by atoms with Crippen LogP contribution in [0.2, 0.25) is 0 Å². The van der Waals surface area contributed by atoms with E-state index in [4.69, 9.17) is 0 Å². The first-order chi connectivity index (χ1) is 14.5. The maximum atomic E-state index is 12.6. The molecule has 1 aliphatic rings. The number of nitrogens with zero attached hydrogens (tertiary/aromatic N) is 4. The summed E-state index contributed by atoms with van der Waals surface area (Å²) in [5.41, 5.74) is 3.65. The highest BCUT2D eigenvalue weighted by molar-refractivity contribution is 5.93. The van der Waals surface area contributed by atoms with E-state index < -0.39 is 0 Å². The zero-order valence-corrected chi connectivity index (χ0v) is 18.2. The molecule has 8 heteroatoms. The molecule has 0 atom stereocenters. The van der Waals surface area contributed by atoms with Crippen LogP contribution in [0, 0.1) is 0 Å². The van der Waals surface area contributed by atoms with Crippen molar-refractivity contribution in [1.29, 1.82) is 0 Å². The number of rotatable bonds is 4. The molecule has 1 aromatic carbocycles. The minimum atomic E-state index is -0.108. The van der Waals surface area contributed by atoms with Crippen LogP contribution in [0.1, 0.15) is 16.7 Å². The van der Waals surface area contributed by atoms with Crippen molar-refractivity contribution in [2.75, 3.05) is 26.0 Å². The molecule has 31 heavy (non-hydrogen) atoms. The summed E-state index contributed by atoms with van der Waals surface area (Å²) in [4.78, 5) is 36.7. The molecule has 3 heterocycles. The number of hydrogen-bond acceptors (Lipinski definition) is 5. The SMILES string of the molecule is CN1CC(=O)Nc2ncc(C=CC(=O)N(C)Cc3cnc4ccccc4c3)cc2C1.Cl. The molecule has 2 aromatic heterocycles. The van der Waals surface area contributed by atoms with E-state index in [2.05, 4.69) is 21.4 Å². The molecule has 0 radical (unpaired) electrons. The summed E-state index contributed by atoms with van der Waals surface area (Å²) in [7, 11) is 3.65. The fourth-order valence-electron chi connectivity index (χ4n) is 3.47. The lowest BCUT2D eigenvalue weighted by Crippen LogP contribution is -2.26. The summed E-state index contributed by atoms with van der Waals surface area (Å²) in [6.45, 7) is 1.42. The third-order valence-electron chi connectivity index (χ3n) is 4.96. The van der Waals surface area contributed by atoms with Crippen LogP contribution in [-0.4, -0.2) is 52.2 Å². The normalized spacial score (nSPS) is 13.9. The maximum absolute atomic E-state index is 12.6. The van der Waals surface area contributed by atoms with E-state index in [1.807, 2.05) is 42.3 Å². The Labute approximate surface area is 187 Å². The van der Waals surface area contributed by atoms with Crippen LogP contribution in [-0.2, 0) is 22.7 Å². The highest BCUT2D eigenvalue weighted by Crippen LogP contribution is 2.20. The number of aromatic nitrogens is 2. The third-order valence-corrected chi connectivity index (χ3v) is 4.96. The molecule has 0 unspecified atom stereocenters. The Hall–Kier alpha value is -3.29. The number of nitrogens with one attached hydrogen (secondary N) is 1. The Bertz CT molecular complexity index is 1150. The molecule has 0 fully saturated rings. The van der Waals surface area contributed by atoms with Crippen molar-refractivity contribution >= 4 is 47.0 Å². The average molecular weight is 438 g/mol. The molecule has 2 amide bonds. The predicted molar refractivity (Wildman–Crippen MR) is 124 cm³/mol. The Balaban J connectivity index is 0.00000272. The number of benzene rings is 1. The molecule has 4 rings (SSSR count). The van der Waals surface area contributed by atoms with Gasteiger partial charge in [-0.05, 0) is 42.4 Å². The first kappa shape index (κ1) is 22.4. The number of pyridine rings is 2. The van der Waals surface area contributed by atoms with E-state index in [0.29, 0.717) is 25.5 Å². The number of hydrogen-bond donors (Lipinski definition) is 1. The maximum Gasteiger partial charge on any atom is 0.246 e. The first-order valence-electron chi connectivity index (χ1n) is 9.72. The lowest BCUT2D eigenvalue weighted by atomic mass is 10.1. The Morgan fingerprint density at radius 3 is 2.84 bits per heavy atom.